The zero-order chi connectivity index (χ0) is 14.3. The molecule has 0 radical (unpaired) electrons. The van der Waals surface area contributed by atoms with E-state index in [1.165, 1.54) is 0 Å². The highest BCUT2D eigenvalue weighted by atomic mass is 19.3. The lowest BCUT2D eigenvalue weighted by atomic mass is 10.2. The van der Waals surface area contributed by atoms with E-state index in [1.54, 1.807) is 0 Å². The second-order valence-electron chi connectivity index (χ2n) is 4.08. The monoisotopic (exact) mass is 271 g/mol. The van der Waals surface area contributed by atoms with Crippen LogP contribution in [-0.2, 0) is 6.54 Å². The molecule has 19 heavy (non-hydrogen) atoms. The van der Waals surface area contributed by atoms with Crippen LogP contribution in [0.2, 0.25) is 0 Å². The van der Waals surface area contributed by atoms with Crippen LogP contribution in [-0.4, -0.2) is 25.6 Å². The van der Waals surface area contributed by atoms with E-state index in [2.05, 4.69) is 15.6 Å². The van der Waals surface area contributed by atoms with Gasteiger partial charge in [-0.25, -0.2) is 0 Å². The van der Waals surface area contributed by atoms with E-state index in [-0.39, 0.29) is 6.54 Å². The van der Waals surface area contributed by atoms with Gasteiger partial charge in [0.2, 0.25) is 0 Å². The number of guanidine groups is 1. The summed E-state index contributed by atoms with van der Waals surface area (Å²) in [6.07, 6.45) is -0.445. The number of nitrogens with one attached hydrogen (secondary N) is 2. The van der Waals surface area contributed by atoms with Gasteiger partial charge in [-0.15, -0.1) is 0 Å². The van der Waals surface area contributed by atoms with Crippen LogP contribution in [0.25, 0.3) is 0 Å². The molecule has 0 aliphatic rings. The van der Waals surface area contributed by atoms with Crippen LogP contribution in [0.3, 0.4) is 0 Å². The summed E-state index contributed by atoms with van der Waals surface area (Å²) in [5, 5.41) is 5.92. The van der Waals surface area contributed by atoms with E-state index < -0.39 is 18.4 Å². The highest BCUT2D eigenvalue weighted by molar-refractivity contribution is 5.75. The fraction of sp³-hybridized carbons (Fsp3) is 0.417. The highest BCUT2D eigenvalue weighted by Gasteiger charge is 2.27. The standard InChI is InChI=1S/C12H19F2N5/c1-17-10-4-2-9(3-5-10)8-18-7-6-12(13,14)19-11(15)16/h2-5,17-18H,6-8H2,1H3,(H4,15,16,19). The first-order valence-corrected chi connectivity index (χ1v) is 5.89. The minimum absolute atomic E-state index is 0.123. The normalized spacial score (nSPS) is 11.1. The molecule has 0 atom stereocenters. The van der Waals surface area contributed by atoms with E-state index in [1.807, 2.05) is 31.3 Å². The Morgan fingerprint density at radius 1 is 1.26 bits per heavy atom. The Kier molecular flexibility index (Phi) is 5.50. The van der Waals surface area contributed by atoms with Crippen LogP contribution >= 0.6 is 0 Å². The van der Waals surface area contributed by atoms with Crippen molar-refractivity contribution in [2.45, 2.75) is 19.0 Å². The molecule has 1 aromatic rings. The number of hydrogen-bond acceptors (Lipinski definition) is 3. The zero-order valence-corrected chi connectivity index (χ0v) is 10.8. The predicted octanol–water partition coefficient (Wildman–Crippen LogP) is 1.07. The highest BCUT2D eigenvalue weighted by Crippen LogP contribution is 2.18. The molecule has 0 heterocycles. The third kappa shape index (κ3) is 6.01. The molecule has 1 aromatic carbocycles. The van der Waals surface area contributed by atoms with Crippen LogP contribution in [0.4, 0.5) is 14.5 Å². The Morgan fingerprint density at radius 2 is 1.89 bits per heavy atom. The first-order valence-electron chi connectivity index (χ1n) is 5.89. The number of aliphatic imine (C=N–C) groups is 1. The number of hydrogen-bond donors (Lipinski definition) is 4. The average molecular weight is 271 g/mol. The molecule has 0 unspecified atom stereocenters. The number of halogens is 2. The smallest absolute Gasteiger partial charge is 0.346 e. The van der Waals surface area contributed by atoms with Gasteiger partial charge in [0.05, 0.1) is 0 Å². The van der Waals surface area contributed by atoms with E-state index in [9.17, 15) is 8.78 Å². The van der Waals surface area contributed by atoms with Crippen molar-refractivity contribution in [3.63, 3.8) is 0 Å². The Hall–Kier alpha value is -1.89. The Balaban J connectivity index is 2.32. The molecule has 0 spiro atoms. The van der Waals surface area contributed by atoms with Crippen molar-refractivity contribution >= 4 is 11.6 Å². The van der Waals surface area contributed by atoms with Crippen LogP contribution in [0, 0.1) is 0 Å². The second-order valence-corrected chi connectivity index (χ2v) is 4.08. The summed E-state index contributed by atoms with van der Waals surface area (Å²) in [5.74, 6) is -0.604. The van der Waals surface area contributed by atoms with E-state index >= 15 is 0 Å². The van der Waals surface area contributed by atoms with Gasteiger partial charge < -0.3 is 22.1 Å². The summed E-state index contributed by atoms with van der Waals surface area (Å²) in [4.78, 5) is 2.87. The van der Waals surface area contributed by atoms with E-state index in [0.717, 1.165) is 11.3 Å². The molecule has 0 saturated heterocycles. The molecule has 7 heteroatoms. The quantitative estimate of drug-likeness (QED) is 0.258. The summed E-state index contributed by atoms with van der Waals surface area (Å²) < 4.78 is 26.2. The van der Waals surface area contributed by atoms with Crippen LogP contribution in [0.1, 0.15) is 12.0 Å². The van der Waals surface area contributed by atoms with Gasteiger partial charge >= 0.3 is 6.05 Å². The zero-order valence-electron chi connectivity index (χ0n) is 10.8. The predicted molar refractivity (Wildman–Crippen MR) is 73.1 cm³/mol. The second kappa shape index (κ2) is 6.89. The van der Waals surface area contributed by atoms with Gasteiger partial charge in [-0.1, -0.05) is 12.1 Å². The largest absolute Gasteiger partial charge is 0.388 e. The molecule has 6 N–H and O–H groups in total. The maximum atomic E-state index is 13.1. The van der Waals surface area contributed by atoms with Gasteiger partial charge in [-0.3, -0.25) is 0 Å². The van der Waals surface area contributed by atoms with Gasteiger partial charge in [-0.05, 0) is 17.7 Å². The van der Waals surface area contributed by atoms with Crippen molar-refractivity contribution in [3.8, 4) is 0 Å². The molecule has 5 nitrogen and oxygen atoms in total. The van der Waals surface area contributed by atoms with E-state index in [4.69, 9.17) is 11.5 Å². The number of benzene rings is 1. The number of alkyl halides is 2. The van der Waals surface area contributed by atoms with Gasteiger partial charge in [0.15, 0.2) is 5.96 Å². The SMILES string of the molecule is CNc1ccc(CNCCC(F)(F)N=C(N)N)cc1. The van der Waals surface area contributed by atoms with Gasteiger partial charge in [0, 0.05) is 32.2 Å². The Morgan fingerprint density at radius 3 is 2.42 bits per heavy atom. The lowest BCUT2D eigenvalue weighted by Gasteiger charge is -2.12. The molecule has 0 aromatic heterocycles. The molecule has 0 aliphatic heterocycles. The van der Waals surface area contributed by atoms with E-state index in [0.29, 0.717) is 6.54 Å². The lowest BCUT2D eigenvalue weighted by Crippen LogP contribution is -2.30. The maximum absolute atomic E-state index is 13.1. The van der Waals surface area contributed by atoms with Crippen molar-refractivity contribution in [3.05, 3.63) is 29.8 Å². The average Bonchev–Trinajstić information content (AvgIpc) is 2.34. The molecule has 0 saturated carbocycles. The molecule has 0 amide bonds. The van der Waals surface area contributed by atoms with Crippen molar-refractivity contribution < 1.29 is 8.78 Å². The fourth-order valence-corrected chi connectivity index (χ4v) is 1.51. The minimum Gasteiger partial charge on any atom is -0.388 e. The van der Waals surface area contributed by atoms with Crippen molar-refractivity contribution in [1.29, 1.82) is 0 Å². The molecule has 1 rings (SSSR count). The topological polar surface area (TPSA) is 88.5 Å². The molecular weight excluding hydrogens is 252 g/mol. The van der Waals surface area contributed by atoms with Gasteiger partial charge in [-0.2, -0.15) is 13.8 Å². The van der Waals surface area contributed by atoms with Crippen LogP contribution < -0.4 is 22.1 Å². The summed E-state index contributed by atoms with van der Waals surface area (Å²) >= 11 is 0. The number of rotatable bonds is 7. The molecule has 0 aliphatic carbocycles. The van der Waals surface area contributed by atoms with Gasteiger partial charge in [0.25, 0.3) is 0 Å². The summed E-state index contributed by atoms with van der Waals surface area (Å²) in [6.45, 7) is 0.638. The number of nitrogens with zero attached hydrogens (tertiary/aromatic N) is 1. The molecule has 0 fully saturated rings. The third-order valence-electron chi connectivity index (χ3n) is 2.47. The Bertz CT molecular complexity index is 413. The van der Waals surface area contributed by atoms with Crippen molar-refractivity contribution in [1.82, 2.24) is 5.32 Å². The lowest BCUT2D eigenvalue weighted by molar-refractivity contribution is 0.00250. The minimum atomic E-state index is -3.22. The number of nitrogens with two attached hydrogens (primary N) is 2. The third-order valence-corrected chi connectivity index (χ3v) is 2.47. The first-order chi connectivity index (χ1) is 8.93. The van der Waals surface area contributed by atoms with Crippen LogP contribution in [0.15, 0.2) is 29.3 Å². The van der Waals surface area contributed by atoms with Crippen LogP contribution in [0.5, 0.6) is 0 Å². The molecule has 106 valence electrons. The summed E-state index contributed by atoms with van der Waals surface area (Å²) in [7, 11) is 1.83. The number of anilines is 1. The summed E-state index contributed by atoms with van der Waals surface area (Å²) in [6, 6.07) is 4.47. The Labute approximate surface area is 111 Å². The van der Waals surface area contributed by atoms with Crippen molar-refractivity contribution in [2.75, 3.05) is 18.9 Å². The van der Waals surface area contributed by atoms with Crippen molar-refractivity contribution in [2.24, 2.45) is 16.5 Å². The maximum Gasteiger partial charge on any atom is 0.346 e. The molecule has 0 bridgehead atoms. The first kappa shape index (κ1) is 15.2. The molecular formula is C12H19F2N5. The fourth-order valence-electron chi connectivity index (χ4n) is 1.51. The van der Waals surface area contributed by atoms with Gasteiger partial charge in [0.1, 0.15) is 0 Å². The summed E-state index contributed by atoms with van der Waals surface area (Å²) in [5.41, 5.74) is 11.9.